The molecule has 0 aliphatic heterocycles. The van der Waals surface area contributed by atoms with Crippen LogP contribution in [0.1, 0.15) is 41.5 Å². The first-order valence-corrected chi connectivity index (χ1v) is 7.45. The Morgan fingerprint density at radius 2 is 1.82 bits per heavy atom. The fourth-order valence-electron chi connectivity index (χ4n) is 2.08. The summed E-state index contributed by atoms with van der Waals surface area (Å²) in [5, 5.41) is 2.82. The standard InChI is InChI=1S/C17H26N2O3/c1-12(2)22-15-10-8-7-9-14(15)18-16(21)11-19(13(3)20)17(4,5)6/h7-10,12H,11H2,1-6H3,(H,18,21). The van der Waals surface area contributed by atoms with Crippen LogP contribution in [-0.2, 0) is 9.59 Å². The van der Waals surface area contributed by atoms with Crippen LogP contribution in [0.3, 0.4) is 0 Å². The number of hydrogen-bond acceptors (Lipinski definition) is 3. The van der Waals surface area contributed by atoms with Gasteiger partial charge in [-0.3, -0.25) is 9.59 Å². The number of amides is 2. The van der Waals surface area contributed by atoms with E-state index in [1.165, 1.54) is 11.8 Å². The maximum Gasteiger partial charge on any atom is 0.244 e. The van der Waals surface area contributed by atoms with Crippen LogP contribution >= 0.6 is 0 Å². The number of para-hydroxylation sites is 2. The van der Waals surface area contributed by atoms with Gasteiger partial charge in [-0.05, 0) is 46.8 Å². The molecule has 1 N–H and O–H groups in total. The van der Waals surface area contributed by atoms with Gasteiger partial charge < -0.3 is 15.0 Å². The van der Waals surface area contributed by atoms with Crippen molar-refractivity contribution in [3.8, 4) is 5.75 Å². The van der Waals surface area contributed by atoms with E-state index >= 15 is 0 Å². The lowest BCUT2D eigenvalue weighted by Crippen LogP contribution is -2.48. The van der Waals surface area contributed by atoms with Crippen molar-refractivity contribution in [1.29, 1.82) is 0 Å². The van der Waals surface area contributed by atoms with E-state index in [1.54, 1.807) is 6.07 Å². The fraction of sp³-hybridized carbons (Fsp3) is 0.529. The highest BCUT2D eigenvalue weighted by Crippen LogP contribution is 2.25. The molecule has 0 aliphatic rings. The third-order valence-electron chi connectivity index (χ3n) is 3.02. The first kappa shape index (κ1) is 18.0. The van der Waals surface area contributed by atoms with Crippen molar-refractivity contribution in [2.24, 2.45) is 0 Å². The predicted molar refractivity (Wildman–Crippen MR) is 88.0 cm³/mol. The molecule has 0 radical (unpaired) electrons. The Kier molecular flexibility index (Phi) is 5.97. The van der Waals surface area contributed by atoms with Gasteiger partial charge >= 0.3 is 0 Å². The molecule has 0 fully saturated rings. The molecule has 2 amide bonds. The molecule has 0 atom stereocenters. The molecule has 0 aromatic heterocycles. The van der Waals surface area contributed by atoms with Gasteiger partial charge in [0.15, 0.2) is 0 Å². The number of nitrogens with one attached hydrogen (secondary N) is 1. The number of nitrogens with zero attached hydrogens (tertiary/aromatic N) is 1. The first-order chi connectivity index (χ1) is 10.1. The quantitative estimate of drug-likeness (QED) is 0.909. The van der Waals surface area contributed by atoms with Crippen LogP contribution in [0.4, 0.5) is 5.69 Å². The summed E-state index contributed by atoms with van der Waals surface area (Å²) in [5.41, 5.74) is 0.204. The minimum absolute atomic E-state index is 0.00878. The Morgan fingerprint density at radius 1 is 1.23 bits per heavy atom. The van der Waals surface area contributed by atoms with Gasteiger partial charge in [0.2, 0.25) is 11.8 Å². The number of carbonyl (C=O) groups excluding carboxylic acids is 2. The first-order valence-electron chi connectivity index (χ1n) is 7.45. The van der Waals surface area contributed by atoms with Crippen molar-refractivity contribution in [2.75, 3.05) is 11.9 Å². The van der Waals surface area contributed by atoms with Gasteiger partial charge in [-0.15, -0.1) is 0 Å². The highest BCUT2D eigenvalue weighted by atomic mass is 16.5. The van der Waals surface area contributed by atoms with Crippen LogP contribution in [0.5, 0.6) is 5.75 Å². The average Bonchev–Trinajstić information content (AvgIpc) is 2.36. The zero-order valence-electron chi connectivity index (χ0n) is 14.3. The van der Waals surface area contributed by atoms with Crippen molar-refractivity contribution in [2.45, 2.75) is 53.2 Å². The second-order valence-electron chi connectivity index (χ2n) is 6.49. The number of anilines is 1. The molecule has 0 saturated heterocycles. The highest BCUT2D eigenvalue weighted by Gasteiger charge is 2.26. The molecular weight excluding hydrogens is 280 g/mol. The molecule has 22 heavy (non-hydrogen) atoms. The molecule has 0 aliphatic carbocycles. The van der Waals surface area contributed by atoms with Crippen molar-refractivity contribution in [1.82, 2.24) is 4.90 Å². The summed E-state index contributed by atoms with van der Waals surface area (Å²) < 4.78 is 5.67. The maximum atomic E-state index is 12.3. The van der Waals surface area contributed by atoms with E-state index in [9.17, 15) is 9.59 Å². The molecule has 1 rings (SSSR count). The molecule has 0 unspecified atom stereocenters. The van der Waals surface area contributed by atoms with E-state index in [2.05, 4.69) is 5.32 Å². The van der Waals surface area contributed by atoms with Crippen LogP contribution in [0.2, 0.25) is 0 Å². The van der Waals surface area contributed by atoms with Gasteiger partial charge in [0.05, 0.1) is 11.8 Å². The molecule has 1 aromatic rings. The fourth-order valence-corrected chi connectivity index (χ4v) is 2.08. The van der Waals surface area contributed by atoms with E-state index in [1.807, 2.05) is 52.8 Å². The minimum atomic E-state index is -0.406. The van der Waals surface area contributed by atoms with Crippen molar-refractivity contribution < 1.29 is 14.3 Å². The molecule has 0 spiro atoms. The van der Waals surface area contributed by atoms with Crippen LogP contribution < -0.4 is 10.1 Å². The second-order valence-corrected chi connectivity index (χ2v) is 6.49. The van der Waals surface area contributed by atoms with Crippen molar-refractivity contribution in [3.05, 3.63) is 24.3 Å². The van der Waals surface area contributed by atoms with E-state index in [-0.39, 0.29) is 24.5 Å². The molecule has 0 heterocycles. The lowest BCUT2D eigenvalue weighted by atomic mass is 10.1. The largest absolute Gasteiger partial charge is 0.489 e. The summed E-state index contributed by atoms with van der Waals surface area (Å²) in [7, 11) is 0. The summed E-state index contributed by atoms with van der Waals surface area (Å²) in [4.78, 5) is 25.5. The summed E-state index contributed by atoms with van der Waals surface area (Å²) in [6, 6.07) is 7.27. The number of hydrogen-bond donors (Lipinski definition) is 1. The summed E-state index contributed by atoms with van der Waals surface area (Å²) in [6.07, 6.45) is 0.0151. The van der Waals surface area contributed by atoms with Crippen LogP contribution in [0, 0.1) is 0 Å². The lowest BCUT2D eigenvalue weighted by Gasteiger charge is -2.34. The molecular formula is C17H26N2O3. The Morgan fingerprint density at radius 3 is 2.32 bits per heavy atom. The second kappa shape index (κ2) is 7.29. The van der Waals surface area contributed by atoms with Gasteiger partial charge in [0, 0.05) is 12.5 Å². The Labute approximate surface area is 132 Å². The van der Waals surface area contributed by atoms with E-state index in [4.69, 9.17) is 4.74 Å². The number of benzene rings is 1. The maximum absolute atomic E-state index is 12.3. The smallest absolute Gasteiger partial charge is 0.244 e. The van der Waals surface area contributed by atoms with E-state index in [0.717, 1.165) is 0 Å². The Bertz CT molecular complexity index is 533. The molecule has 0 saturated carbocycles. The Hall–Kier alpha value is -2.04. The molecule has 5 heteroatoms. The minimum Gasteiger partial charge on any atom is -0.489 e. The normalized spacial score (nSPS) is 11.2. The van der Waals surface area contributed by atoms with E-state index in [0.29, 0.717) is 11.4 Å². The molecule has 0 bridgehead atoms. The molecule has 122 valence electrons. The van der Waals surface area contributed by atoms with Crippen LogP contribution in [0.15, 0.2) is 24.3 Å². The van der Waals surface area contributed by atoms with Gasteiger partial charge in [-0.1, -0.05) is 12.1 Å². The van der Waals surface area contributed by atoms with Crippen LogP contribution in [-0.4, -0.2) is 34.9 Å². The number of rotatable bonds is 5. The summed E-state index contributed by atoms with van der Waals surface area (Å²) in [6.45, 7) is 11.0. The van der Waals surface area contributed by atoms with Crippen molar-refractivity contribution >= 4 is 17.5 Å². The molecule has 5 nitrogen and oxygen atoms in total. The van der Waals surface area contributed by atoms with E-state index < -0.39 is 5.54 Å². The lowest BCUT2D eigenvalue weighted by molar-refractivity contribution is -0.137. The SMILES string of the molecule is CC(=O)N(CC(=O)Nc1ccccc1OC(C)C)C(C)(C)C. The average molecular weight is 306 g/mol. The monoisotopic (exact) mass is 306 g/mol. The zero-order valence-corrected chi connectivity index (χ0v) is 14.3. The van der Waals surface area contributed by atoms with Crippen molar-refractivity contribution in [3.63, 3.8) is 0 Å². The molecule has 1 aromatic carbocycles. The van der Waals surface area contributed by atoms with Gasteiger partial charge in [-0.25, -0.2) is 0 Å². The summed E-state index contributed by atoms with van der Waals surface area (Å²) >= 11 is 0. The third-order valence-corrected chi connectivity index (χ3v) is 3.02. The topological polar surface area (TPSA) is 58.6 Å². The zero-order chi connectivity index (χ0) is 16.9. The highest BCUT2D eigenvalue weighted by molar-refractivity contribution is 5.95. The Balaban J connectivity index is 2.83. The van der Waals surface area contributed by atoms with Gasteiger partial charge in [0.25, 0.3) is 0 Å². The number of ether oxygens (including phenoxy) is 1. The summed E-state index contributed by atoms with van der Waals surface area (Å²) in [5.74, 6) is 0.246. The predicted octanol–water partition coefficient (Wildman–Crippen LogP) is 3.06. The number of carbonyl (C=O) groups is 2. The third kappa shape index (κ3) is 5.39. The van der Waals surface area contributed by atoms with Gasteiger partial charge in [0.1, 0.15) is 12.3 Å². The van der Waals surface area contributed by atoms with Gasteiger partial charge in [-0.2, -0.15) is 0 Å². The van der Waals surface area contributed by atoms with Crippen LogP contribution in [0.25, 0.3) is 0 Å².